The molecule has 0 unspecified atom stereocenters. The number of pyridine rings is 1. The van der Waals surface area contributed by atoms with E-state index in [1.807, 2.05) is 72.2 Å². The van der Waals surface area contributed by atoms with Crippen molar-refractivity contribution in [1.82, 2.24) is 25.0 Å². The average Bonchev–Trinajstić information content (AvgIpc) is 3.48. The Labute approximate surface area is 182 Å². The van der Waals surface area contributed by atoms with Crippen molar-refractivity contribution in [3.8, 4) is 11.1 Å². The first-order valence-electron chi connectivity index (χ1n) is 9.74. The lowest BCUT2D eigenvalue weighted by Crippen LogP contribution is -2.33. The summed E-state index contributed by atoms with van der Waals surface area (Å²) in [6, 6.07) is 19.4. The van der Waals surface area contributed by atoms with Crippen LogP contribution in [-0.2, 0) is 17.9 Å². The topological polar surface area (TPSA) is 76.8 Å². The lowest BCUT2D eigenvalue weighted by Gasteiger charge is -2.22. The predicted octanol–water partition coefficient (Wildman–Crippen LogP) is 4.18. The molecule has 8 heteroatoms. The van der Waals surface area contributed by atoms with Gasteiger partial charge in [-0.1, -0.05) is 35.5 Å². The SMILES string of the molecule is O=C(Cn1nnc2ccccc21)N(Cc1cscn1)c1ccc(-c2cccnc2)cc1. The second kappa shape index (κ2) is 8.45. The molecule has 0 aliphatic rings. The Morgan fingerprint density at radius 3 is 2.65 bits per heavy atom. The molecule has 3 heterocycles. The number of thiazole rings is 1. The molecule has 0 aliphatic heterocycles. The maximum atomic E-state index is 13.3. The highest BCUT2D eigenvalue weighted by atomic mass is 32.1. The van der Waals surface area contributed by atoms with Gasteiger partial charge in [0.25, 0.3) is 0 Å². The first-order valence-corrected chi connectivity index (χ1v) is 10.7. The number of para-hydroxylation sites is 1. The molecule has 152 valence electrons. The number of carbonyl (C=O) groups is 1. The number of anilines is 1. The monoisotopic (exact) mass is 426 g/mol. The molecule has 0 aliphatic carbocycles. The summed E-state index contributed by atoms with van der Waals surface area (Å²) in [7, 11) is 0. The van der Waals surface area contributed by atoms with E-state index in [4.69, 9.17) is 0 Å². The fourth-order valence-corrected chi connectivity index (χ4v) is 3.97. The minimum absolute atomic E-state index is 0.0854. The highest BCUT2D eigenvalue weighted by Crippen LogP contribution is 2.24. The molecule has 0 bridgehead atoms. The van der Waals surface area contributed by atoms with Crippen molar-refractivity contribution in [1.29, 1.82) is 0 Å². The van der Waals surface area contributed by atoms with E-state index in [-0.39, 0.29) is 12.5 Å². The highest BCUT2D eigenvalue weighted by Gasteiger charge is 2.19. The van der Waals surface area contributed by atoms with Gasteiger partial charge in [0.15, 0.2) is 0 Å². The van der Waals surface area contributed by atoms with Gasteiger partial charge in [0.1, 0.15) is 12.1 Å². The van der Waals surface area contributed by atoms with Crippen molar-refractivity contribution in [2.75, 3.05) is 4.90 Å². The molecule has 0 fully saturated rings. The first kappa shape index (κ1) is 19.1. The number of hydrogen-bond acceptors (Lipinski definition) is 6. The maximum absolute atomic E-state index is 13.3. The summed E-state index contributed by atoms with van der Waals surface area (Å²) in [6.07, 6.45) is 3.57. The molecule has 0 spiro atoms. The summed E-state index contributed by atoms with van der Waals surface area (Å²) in [4.78, 5) is 23.6. The van der Waals surface area contributed by atoms with E-state index < -0.39 is 0 Å². The molecular weight excluding hydrogens is 408 g/mol. The van der Waals surface area contributed by atoms with Crippen LogP contribution in [0.15, 0.2) is 83.9 Å². The van der Waals surface area contributed by atoms with Gasteiger partial charge in [-0.15, -0.1) is 16.4 Å². The molecule has 5 rings (SSSR count). The van der Waals surface area contributed by atoms with E-state index in [0.29, 0.717) is 6.54 Å². The minimum Gasteiger partial charge on any atom is -0.305 e. The van der Waals surface area contributed by atoms with Gasteiger partial charge >= 0.3 is 0 Å². The lowest BCUT2D eigenvalue weighted by molar-refractivity contribution is -0.119. The second-order valence-electron chi connectivity index (χ2n) is 6.98. The minimum atomic E-state index is -0.0854. The summed E-state index contributed by atoms with van der Waals surface area (Å²) in [5, 5.41) is 10.3. The first-order chi connectivity index (χ1) is 15.3. The Balaban J connectivity index is 1.44. The van der Waals surface area contributed by atoms with E-state index in [0.717, 1.165) is 33.5 Å². The number of amides is 1. The van der Waals surface area contributed by atoms with Gasteiger partial charge < -0.3 is 4.90 Å². The van der Waals surface area contributed by atoms with Crippen LogP contribution in [0.5, 0.6) is 0 Å². The summed E-state index contributed by atoms with van der Waals surface area (Å²) < 4.78 is 1.63. The van der Waals surface area contributed by atoms with Gasteiger partial charge in [0.2, 0.25) is 5.91 Å². The third-order valence-electron chi connectivity index (χ3n) is 4.98. The average molecular weight is 427 g/mol. The third kappa shape index (κ3) is 4.06. The van der Waals surface area contributed by atoms with Gasteiger partial charge in [-0.05, 0) is 41.5 Å². The smallest absolute Gasteiger partial charge is 0.249 e. The van der Waals surface area contributed by atoms with Crippen molar-refractivity contribution in [2.24, 2.45) is 0 Å². The van der Waals surface area contributed by atoms with E-state index in [9.17, 15) is 4.79 Å². The Morgan fingerprint density at radius 1 is 1.00 bits per heavy atom. The van der Waals surface area contributed by atoms with Crippen LogP contribution in [0.4, 0.5) is 5.69 Å². The zero-order valence-corrected chi connectivity index (χ0v) is 17.3. The molecule has 5 aromatic rings. The Bertz CT molecular complexity index is 1300. The Kier molecular flexibility index (Phi) is 5.20. The Hall–Kier alpha value is -3.91. The molecule has 1 amide bonds. The fraction of sp³-hybridized carbons (Fsp3) is 0.0870. The van der Waals surface area contributed by atoms with Gasteiger partial charge in [-0.25, -0.2) is 9.67 Å². The van der Waals surface area contributed by atoms with Crippen LogP contribution >= 0.6 is 11.3 Å². The quantitative estimate of drug-likeness (QED) is 0.407. The Morgan fingerprint density at radius 2 is 1.87 bits per heavy atom. The molecule has 2 aromatic carbocycles. The molecule has 31 heavy (non-hydrogen) atoms. The normalized spacial score (nSPS) is 11.0. The van der Waals surface area contributed by atoms with E-state index in [2.05, 4.69) is 20.3 Å². The lowest BCUT2D eigenvalue weighted by atomic mass is 10.1. The number of fused-ring (bicyclic) bond motifs is 1. The largest absolute Gasteiger partial charge is 0.305 e. The van der Waals surface area contributed by atoms with Crippen molar-refractivity contribution in [2.45, 2.75) is 13.1 Å². The highest BCUT2D eigenvalue weighted by molar-refractivity contribution is 7.07. The molecule has 0 radical (unpaired) electrons. The predicted molar refractivity (Wildman–Crippen MR) is 121 cm³/mol. The number of rotatable bonds is 6. The van der Waals surface area contributed by atoms with Crippen molar-refractivity contribution < 1.29 is 4.79 Å². The summed E-state index contributed by atoms with van der Waals surface area (Å²) in [5.41, 5.74) is 7.08. The number of hydrogen-bond donors (Lipinski definition) is 0. The molecule has 0 atom stereocenters. The van der Waals surface area contributed by atoms with Crippen molar-refractivity contribution in [3.05, 3.63) is 89.6 Å². The van der Waals surface area contributed by atoms with Crippen LogP contribution in [0.3, 0.4) is 0 Å². The number of carbonyl (C=O) groups excluding carboxylic acids is 1. The van der Waals surface area contributed by atoms with E-state index in [1.54, 1.807) is 21.3 Å². The van der Waals surface area contributed by atoms with E-state index >= 15 is 0 Å². The number of nitrogens with zero attached hydrogens (tertiary/aromatic N) is 6. The summed E-state index contributed by atoms with van der Waals surface area (Å²) in [5.74, 6) is -0.0854. The fourth-order valence-electron chi connectivity index (χ4n) is 3.42. The zero-order valence-electron chi connectivity index (χ0n) is 16.5. The molecule has 3 aromatic heterocycles. The molecule has 7 nitrogen and oxygen atoms in total. The van der Waals surface area contributed by atoms with E-state index in [1.165, 1.54) is 11.3 Å². The van der Waals surface area contributed by atoms with Crippen LogP contribution < -0.4 is 4.90 Å². The van der Waals surface area contributed by atoms with Gasteiger partial charge in [0.05, 0.1) is 23.3 Å². The molecule has 0 saturated carbocycles. The van der Waals surface area contributed by atoms with Gasteiger partial charge in [-0.3, -0.25) is 9.78 Å². The zero-order chi connectivity index (χ0) is 21.0. The maximum Gasteiger partial charge on any atom is 0.249 e. The summed E-state index contributed by atoms with van der Waals surface area (Å²) in [6.45, 7) is 0.482. The van der Waals surface area contributed by atoms with Crippen LogP contribution in [0.1, 0.15) is 5.69 Å². The van der Waals surface area contributed by atoms with Crippen LogP contribution in [-0.4, -0.2) is 30.9 Å². The standard InChI is InChI=1S/C23H18N6OS/c30-23(14-29-22-6-2-1-5-21(22)26-27-29)28(13-19-15-31-16-25-19)20-9-7-17(8-10-20)18-4-3-11-24-12-18/h1-12,15-16H,13-14H2. The van der Waals surface area contributed by atoms with Crippen LogP contribution in [0, 0.1) is 0 Å². The molecule has 0 saturated heterocycles. The van der Waals surface area contributed by atoms with Crippen molar-refractivity contribution in [3.63, 3.8) is 0 Å². The van der Waals surface area contributed by atoms with Crippen LogP contribution in [0.2, 0.25) is 0 Å². The van der Waals surface area contributed by atoms with Crippen LogP contribution in [0.25, 0.3) is 22.2 Å². The van der Waals surface area contributed by atoms with Crippen molar-refractivity contribution >= 4 is 34.0 Å². The second-order valence-corrected chi connectivity index (χ2v) is 7.70. The summed E-state index contributed by atoms with van der Waals surface area (Å²) >= 11 is 1.51. The number of benzene rings is 2. The number of aromatic nitrogens is 5. The van der Waals surface area contributed by atoms with Gasteiger partial charge in [-0.2, -0.15) is 0 Å². The van der Waals surface area contributed by atoms with Gasteiger partial charge in [0, 0.05) is 23.5 Å². The molecule has 0 N–H and O–H groups in total. The molecular formula is C23H18N6OS. The third-order valence-corrected chi connectivity index (χ3v) is 5.62.